The molecule has 1 aliphatic carbocycles. The number of methoxy groups -OCH3 is 3. The Morgan fingerprint density at radius 2 is 1.62 bits per heavy atom. The zero-order chi connectivity index (χ0) is 33.6. The van der Waals surface area contributed by atoms with Crippen molar-refractivity contribution in [1.82, 2.24) is 25.1 Å². The van der Waals surface area contributed by atoms with Crippen LogP contribution in [0.1, 0.15) is 42.1 Å². The van der Waals surface area contributed by atoms with Gasteiger partial charge < -0.3 is 34.3 Å². The molecule has 2 aliphatic rings. The number of nitrogens with one attached hydrogen (secondary N) is 2. The topological polar surface area (TPSA) is 110 Å². The van der Waals surface area contributed by atoms with Gasteiger partial charge in [-0.15, -0.1) is 0 Å². The van der Waals surface area contributed by atoms with Crippen LogP contribution in [0.4, 0.5) is 5.69 Å². The van der Waals surface area contributed by atoms with Crippen molar-refractivity contribution in [2.75, 3.05) is 72.5 Å². The molecule has 254 valence electrons. The number of rotatable bonds is 12. The van der Waals surface area contributed by atoms with Gasteiger partial charge in [0.25, 0.3) is 5.91 Å². The summed E-state index contributed by atoms with van der Waals surface area (Å²) >= 11 is 0. The number of anilines is 1. The molecule has 11 nitrogen and oxygen atoms in total. The minimum Gasteiger partial charge on any atom is -0.493 e. The molecule has 1 aliphatic heterocycles. The molecule has 0 spiro atoms. The van der Waals surface area contributed by atoms with Crippen molar-refractivity contribution >= 4 is 28.5 Å². The molecule has 6 rings (SSSR count). The van der Waals surface area contributed by atoms with Crippen molar-refractivity contribution in [3.63, 3.8) is 0 Å². The van der Waals surface area contributed by atoms with Gasteiger partial charge in [-0.25, -0.2) is 4.98 Å². The van der Waals surface area contributed by atoms with Gasteiger partial charge in [-0.2, -0.15) is 0 Å². The fourth-order valence-corrected chi connectivity index (χ4v) is 7.13. The molecule has 0 unspecified atom stereocenters. The first-order chi connectivity index (χ1) is 23.4. The summed E-state index contributed by atoms with van der Waals surface area (Å²) in [5.41, 5.74) is 4.27. The van der Waals surface area contributed by atoms with Gasteiger partial charge in [0, 0.05) is 68.5 Å². The van der Waals surface area contributed by atoms with E-state index in [1.807, 2.05) is 30.3 Å². The maximum Gasteiger partial charge on any atom is 0.251 e. The lowest BCUT2D eigenvalue weighted by Gasteiger charge is -2.36. The highest BCUT2D eigenvalue weighted by Crippen LogP contribution is 2.44. The second-order valence-electron chi connectivity index (χ2n) is 12.5. The van der Waals surface area contributed by atoms with Crippen LogP contribution in [0.3, 0.4) is 0 Å². The molecule has 2 N–H and O–H groups in total. The normalized spacial score (nSPS) is 18.1. The summed E-state index contributed by atoms with van der Waals surface area (Å²) in [7, 11) is 6.44. The number of amides is 2. The molecule has 48 heavy (non-hydrogen) atoms. The van der Waals surface area contributed by atoms with Crippen molar-refractivity contribution in [1.29, 1.82) is 0 Å². The number of aromatic nitrogens is 2. The number of imidazole rings is 1. The largest absolute Gasteiger partial charge is 0.493 e. The standard InChI is InChI=1S/C37H46N6O5/c1-38-36(44)25-11-13-29(21-25)43-31-22-26(12-14-30(31)40-35(43)27-23-32(46-2)34(48-4)33(24-27)47-3)37(45)39-15-8-16-41-17-19-42(20-18-41)28-9-6-5-7-10-28/h5-7,9-10,12,14,22-25,29H,8,11,13,15-21H2,1-4H3,(H,38,44)(H,39,45)/t25-,29+/m1/s1. The molecule has 2 heterocycles. The number of ether oxygens (including phenoxy) is 3. The van der Waals surface area contributed by atoms with Gasteiger partial charge in [-0.1, -0.05) is 18.2 Å². The molecule has 2 fully saturated rings. The molecule has 1 saturated carbocycles. The number of hydrogen-bond donors (Lipinski definition) is 2. The molecular formula is C37H46N6O5. The zero-order valence-corrected chi connectivity index (χ0v) is 28.3. The lowest BCUT2D eigenvalue weighted by atomic mass is 10.1. The van der Waals surface area contributed by atoms with E-state index in [4.69, 9.17) is 19.2 Å². The van der Waals surface area contributed by atoms with E-state index in [-0.39, 0.29) is 23.8 Å². The van der Waals surface area contributed by atoms with Crippen LogP contribution in [0.15, 0.2) is 60.7 Å². The van der Waals surface area contributed by atoms with Gasteiger partial charge in [0.2, 0.25) is 11.7 Å². The molecule has 1 saturated heterocycles. The van der Waals surface area contributed by atoms with Gasteiger partial charge in [0.15, 0.2) is 11.5 Å². The molecule has 4 aromatic rings. The predicted octanol–water partition coefficient (Wildman–Crippen LogP) is 4.76. The third kappa shape index (κ3) is 6.92. The Kier molecular flexibility index (Phi) is 10.3. The number of benzene rings is 3. The second-order valence-corrected chi connectivity index (χ2v) is 12.5. The molecule has 1 aromatic heterocycles. The van der Waals surface area contributed by atoms with Crippen LogP contribution < -0.4 is 29.7 Å². The van der Waals surface area contributed by atoms with Crippen LogP contribution in [0.25, 0.3) is 22.4 Å². The first-order valence-electron chi connectivity index (χ1n) is 16.8. The van der Waals surface area contributed by atoms with E-state index in [1.54, 1.807) is 28.4 Å². The molecular weight excluding hydrogens is 608 g/mol. The van der Waals surface area contributed by atoms with E-state index < -0.39 is 0 Å². The maximum absolute atomic E-state index is 13.4. The summed E-state index contributed by atoms with van der Waals surface area (Å²) in [6.07, 6.45) is 3.15. The number of piperazine rings is 1. The molecule has 11 heteroatoms. The van der Waals surface area contributed by atoms with Crippen molar-refractivity contribution in [2.24, 2.45) is 5.92 Å². The lowest BCUT2D eigenvalue weighted by Crippen LogP contribution is -2.47. The fraction of sp³-hybridized carbons (Fsp3) is 0.432. The Balaban J connectivity index is 1.19. The molecule has 0 radical (unpaired) electrons. The Hall–Kier alpha value is -4.77. The quantitative estimate of drug-likeness (QED) is 0.211. The average molecular weight is 655 g/mol. The summed E-state index contributed by atoms with van der Waals surface area (Å²) in [5, 5.41) is 5.94. The number of carbonyl (C=O) groups excluding carboxylic acids is 2. The van der Waals surface area contributed by atoms with Crippen LogP contribution in [0, 0.1) is 5.92 Å². The highest BCUT2D eigenvalue weighted by Gasteiger charge is 2.33. The number of hydrogen-bond acceptors (Lipinski definition) is 8. The van der Waals surface area contributed by atoms with E-state index in [0.29, 0.717) is 35.8 Å². The SMILES string of the molecule is CNC(=O)[C@@H]1CC[C@H](n2c(-c3cc(OC)c(OC)c(OC)c3)nc3ccc(C(=O)NCCCN4CCN(c5ccccc5)CC4)cc32)C1. The zero-order valence-electron chi connectivity index (χ0n) is 28.3. The smallest absolute Gasteiger partial charge is 0.251 e. The Labute approximate surface area is 282 Å². The van der Waals surface area contributed by atoms with Crippen molar-refractivity contribution in [2.45, 2.75) is 31.7 Å². The van der Waals surface area contributed by atoms with Gasteiger partial charge in [0.1, 0.15) is 5.82 Å². The van der Waals surface area contributed by atoms with Crippen LogP contribution in [-0.2, 0) is 4.79 Å². The Morgan fingerprint density at radius 3 is 2.29 bits per heavy atom. The van der Waals surface area contributed by atoms with Crippen LogP contribution >= 0.6 is 0 Å². The summed E-state index contributed by atoms with van der Waals surface area (Å²) in [6, 6.07) is 20.0. The van der Waals surface area contributed by atoms with Crippen molar-refractivity contribution in [3.8, 4) is 28.6 Å². The number of nitrogens with zero attached hydrogens (tertiary/aromatic N) is 4. The van der Waals surface area contributed by atoms with Gasteiger partial charge in [-0.05, 0) is 74.7 Å². The van der Waals surface area contributed by atoms with Crippen molar-refractivity contribution in [3.05, 3.63) is 66.2 Å². The Bertz CT molecular complexity index is 1710. The van der Waals surface area contributed by atoms with E-state index in [9.17, 15) is 9.59 Å². The lowest BCUT2D eigenvalue weighted by molar-refractivity contribution is -0.124. The predicted molar refractivity (Wildman–Crippen MR) is 187 cm³/mol. The van der Waals surface area contributed by atoms with E-state index in [1.165, 1.54) is 5.69 Å². The summed E-state index contributed by atoms with van der Waals surface area (Å²) in [4.78, 5) is 35.9. The number of carbonyl (C=O) groups is 2. The molecule has 0 bridgehead atoms. The van der Waals surface area contributed by atoms with E-state index in [2.05, 4.69) is 55.3 Å². The van der Waals surface area contributed by atoms with Crippen molar-refractivity contribution < 1.29 is 23.8 Å². The highest BCUT2D eigenvalue weighted by molar-refractivity contribution is 5.98. The second kappa shape index (κ2) is 15.0. The third-order valence-electron chi connectivity index (χ3n) is 9.69. The van der Waals surface area contributed by atoms with Crippen LogP contribution in [-0.4, -0.2) is 93.9 Å². The van der Waals surface area contributed by atoms with Crippen LogP contribution in [0.5, 0.6) is 17.2 Å². The summed E-state index contributed by atoms with van der Waals surface area (Å²) in [5.74, 6) is 2.13. The van der Waals surface area contributed by atoms with Gasteiger partial charge in [0.05, 0.1) is 32.4 Å². The fourth-order valence-electron chi connectivity index (χ4n) is 7.13. The molecule has 2 atom stereocenters. The monoisotopic (exact) mass is 654 g/mol. The number of para-hydroxylation sites is 1. The molecule has 2 amide bonds. The first kappa shape index (κ1) is 33.1. The molecule has 3 aromatic carbocycles. The summed E-state index contributed by atoms with van der Waals surface area (Å²) < 4.78 is 19.0. The highest BCUT2D eigenvalue weighted by atomic mass is 16.5. The minimum absolute atomic E-state index is 0.0204. The minimum atomic E-state index is -0.109. The Morgan fingerprint density at radius 1 is 0.896 bits per heavy atom. The number of fused-ring (bicyclic) bond motifs is 1. The van der Waals surface area contributed by atoms with Crippen LogP contribution in [0.2, 0.25) is 0 Å². The maximum atomic E-state index is 13.4. The third-order valence-corrected chi connectivity index (χ3v) is 9.69. The van der Waals surface area contributed by atoms with E-state index >= 15 is 0 Å². The van der Waals surface area contributed by atoms with Gasteiger partial charge in [-0.3, -0.25) is 14.5 Å². The van der Waals surface area contributed by atoms with E-state index in [0.717, 1.165) is 74.4 Å². The summed E-state index contributed by atoms with van der Waals surface area (Å²) in [6.45, 7) is 5.59. The average Bonchev–Trinajstić information content (AvgIpc) is 3.78. The first-order valence-corrected chi connectivity index (χ1v) is 16.8. The van der Waals surface area contributed by atoms with Gasteiger partial charge >= 0.3 is 0 Å².